The van der Waals surface area contributed by atoms with Crippen molar-refractivity contribution >= 4 is 5.97 Å². The van der Waals surface area contributed by atoms with Gasteiger partial charge in [-0.2, -0.15) is 0 Å². The average Bonchev–Trinajstić information content (AvgIpc) is 2.25. The van der Waals surface area contributed by atoms with Gasteiger partial charge in [-0.15, -0.1) is 0 Å². The summed E-state index contributed by atoms with van der Waals surface area (Å²) in [7, 11) is 0. The maximum atomic E-state index is 11.3. The second-order valence-electron chi connectivity index (χ2n) is 3.74. The number of rotatable bonds is 9. The number of carbonyl (C=O) groups excluding carboxylic acids is 1. The minimum Gasteiger partial charge on any atom is -0.465 e. The highest BCUT2D eigenvalue weighted by Gasteiger charge is 2.07. The summed E-state index contributed by atoms with van der Waals surface area (Å²) in [5.41, 5.74) is 0. The number of carbonyl (C=O) groups is 1. The van der Waals surface area contributed by atoms with Gasteiger partial charge in [0.25, 0.3) is 0 Å². The monoisotopic (exact) mass is 215 g/mol. The molecule has 0 fully saturated rings. The third-order valence-corrected chi connectivity index (χ3v) is 2.51. The minimum absolute atomic E-state index is 0.0878. The minimum atomic E-state index is -0.0878. The molecule has 0 atom stereocenters. The number of likely N-dealkylation sites (N-methyl/N-ethyl adjacent to an activating group) is 1. The van der Waals surface area contributed by atoms with Crippen molar-refractivity contribution in [2.75, 3.05) is 26.2 Å². The van der Waals surface area contributed by atoms with Crippen LogP contribution < -0.4 is 0 Å². The Kier molecular flexibility index (Phi) is 9.59. The SMILES string of the molecule is CCCCCCOC(=O)CN(CC)CC. The summed E-state index contributed by atoms with van der Waals surface area (Å²) < 4.78 is 5.14. The van der Waals surface area contributed by atoms with Gasteiger partial charge < -0.3 is 4.74 Å². The summed E-state index contributed by atoms with van der Waals surface area (Å²) in [5.74, 6) is -0.0878. The number of ether oxygens (including phenoxy) is 1. The van der Waals surface area contributed by atoms with Crippen LogP contribution in [0.25, 0.3) is 0 Å². The van der Waals surface area contributed by atoms with Crippen LogP contribution in [0.2, 0.25) is 0 Å². The smallest absolute Gasteiger partial charge is 0.320 e. The molecule has 0 aliphatic rings. The molecule has 0 heterocycles. The normalized spacial score (nSPS) is 10.7. The van der Waals surface area contributed by atoms with Crippen LogP contribution in [0.3, 0.4) is 0 Å². The molecule has 0 aliphatic carbocycles. The van der Waals surface area contributed by atoms with Crippen LogP contribution in [0.4, 0.5) is 0 Å². The van der Waals surface area contributed by atoms with Crippen LogP contribution >= 0.6 is 0 Å². The Balaban J connectivity index is 3.40. The molecule has 0 saturated heterocycles. The topological polar surface area (TPSA) is 29.5 Å². The van der Waals surface area contributed by atoms with Crippen molar-refractivity contribution in [2.24, 2.45) is 0 Å². The molecular weight excluding hydrogens is 190 g/mol. The quantitative estimate of drug-likeness (QED) is 0.437. The lowest BCUT2D eigenvalue weighted by molar-refractivity contribution is -0.145. The molecule has 0 bridgehead atoms. The van der Waals surface area contributed by atoms with Gasteiger partial charge >= 0.3 is 5.97 Å². The van der Waals surface area contributed by atoms with Crippen molar-refractivity contribution in [1.29, 1.82) is 0 Å². The molecule has 3 heteroatoms. The Labute approximate surface area is 93.8 Å². The first kappa shape index (κ1) is 14.4. The Morgan fingerprint density at radius 1 is 1.07 bits per heavy atom. The highest BCUT2D eigenvalue weighted by Crippen LogP contribution is 1.99. The molecule has 90 valence electrons. The van der Waals surface area contributed by atoms with Crippen molar-refractivity contribution in [1.82, 2.24) is 4.90 Å². The predicted octanol–water partition coefficient (Wildman–Crippen LogP) is 2.45. The van der Waals surface area contributed by atoms with Crippen LogP contribution in [0.5, 0.6) is 0 Å². The molecule has 0 aliphatic heterocycles. The van der Waals surface area contributed by atoms with E-state index in [4.69, 9.17) is 4.74 Å². The molecule has 0 aromatic carbocycles. The van der Waals surface area contributed by atoms with E-state index in [2.05, 4.69) is 25.7 Å². The van der Waals surface area contributed by atoms with E-state index in [1.54, 1.807) is 0 Å². The molecule has 15 heavy (non-hydrogen) atoms. The molecule has 0 radical (unpaired) electrons. The summed E-state index contributed by atoms with van der Waals surface area (Å²) in [5, 5.41) is 0. The van der Waals surface area contributed by atoms with Gasteiger partial charge in [-0.05, 0) is 19.5 Å². The molecule has 0 spiro atoms. The molecule has 0 aromatic rings. The van der Waals surface area contributed by atoms with E-state index >= 15 is 0 Å². The number of nitrogens with zero attached hydrogens (tertiary/aromatic N) is 1. The maximum Gasteiger partial charge on any atom is 0.320 e. The van der Waals surface area contributed by atoms with Gasteiger partial charge in [0, 0.05) is 0 Å². The van der Waals surface area contributed by atoms with Crippen molar-refractivity contribution in [2.45, 2.75) is 46.5 Å². The lowest BCUT2D eigenvalue weighted by atomic mass is 10.2. The molecule has 0 aromatic heterocycles. The van der Waals surface area contributed by atoms with Gasteiger partial charge in [0.1, 0.15) is 0 Å². The zero-order chi connectivity index (χ0) is 11.5. The zero-order valence-corrected chi connectivity index (χ0v) is 10.4. The van der Waals surface area contributed by atoms with E-state index in [0.717, 1.165) is 25.9 Å². The Bertz CT molecular complexity index is 156. The van der Waals surface area contributed by atoms with Crippen LogP contribution in [-0.4, -0.2) is 37.1 Å². The predicted molar refractivity (Wildman–Crippen MR) is 62.9 cm³/mol. The standard InChI is InChI=1S/C12H25NO2/c1-4-7-8-9-10-15-12(14)11-13(5-2)6-3/h4-11H2,1-3H3. The summed E-state index contributed by atoms with van der Waals surface area (Å²) in [6.45, 7) is 9.10. The highest BCUT2D eigenvalue weighted by atomic mass is 16.5. The van der Waals surface area contributed by atoms with Crippen molar-refractivity contribution in [3.05, 3.63) is 0 Å². The summed E-state index contributed by atoms with van der Waals surface area (Å²) in [4.78, 5) is 13.4. The van der Waals surface area contributed by atoms with E-state index in [0.29, 0.717) is 13.2 Å². The largest absolute Gasteiger partial charge is 0.465 e. The van der Waals surface area contributed by atoms with Gasteiger partial charge in [-0.3, -0.25) is 9.69 Å². The van der Waals surface area contributed by atoms with E-state index in [9.17, 15) is 4.79 Å². The second-order valence-corrected chi connectivity index (χ2v) is 3.74. The number of hydrogen-bond acceptors (Lipinski definition) is 3. The number of unbranched alkanes of at least 4 members (excludes halogenated alkanes) is 3. The summed E-state index contributed by atoms with van der Waals surface area (Å²) >= 11 is 0. The third-order valence-electron chi connectivity index (χ3n) is 2.51. The lowest BCUT2D eigenvalue weighted by Crippen LogP contribution is -2.30. The highest BCUT2D eigenvalue weighted by molar-refractivity contribution is 5.71. The summed E-state index contributed by atoms with van der Waals surface area (Å²) in [6, 6.07) is 0. The van der Waals surface area contributed by atoms with Gasteiger partial charge in [0.15, 0.2) is 0 Å². The van der Waals surface area contributed by atoms with E-state index in [1.165, 1.54) is 12.8 Å². The number of esters is 1. The fourth-order valence-corrected chi connectivity index (χ4v) is 1.39. The molecular formula is C12H25NO2. The first-order valence-corrected chi connectivity index (χ1v) is 6.12. The molecule has 0 rings (SSSR count). The molecule has 0 unspecified atom stereocenters. The average molecular weight is 215 g/mol. The number of hydrogen-bond donors (Lipinski definition) is 0. The van der Waals surface area contributed by atoms with Crippen LogP contribution in [0.1, 0.15) is 46.5 Å². The first-order chi connectivity index (χ1) is 7.24. The van der Waals surface area contributed by atoms with Crippen molar-refractivity contribution in [3.63, 3.8) is 0 Å². The van der Waals surface area contributed by atoms with Gasteiger partial charge in [0.05, 0.1) is 13.2 Å². The van der Waals surface area contributed by atoms with E-state index < -0.39 is 0 Å². The Hall–Kier alpha value is -0.570. The second kappa shape index (κ2) is 9.97. The van der Waals surface area contributed by atoms with Crippen LogP contribution in [-0.2, 0) is 9.53 Å². The van der Waals surface area contributed by atoms with E-state index in [-0.39, 0.29) is 5.97 Å². The first-order valence-electron chi connectivity index (χ1n) is 6.12. The van der Waals surface area contributed by atoms with E-state index in [1.807, 2.05) is 0 Å². The molecule has 0 saturated carbocycles. The lowest BCUT2D eigenvalue weighted by Gasteiger charge is -2.16. The summed E-state index contributed by atoms with van der Waals surface area (Å²) in [6.07, 6.45) is 4.61. The Morgan fingerprint density at radius 3 is 2.27 bits per heavy atom. The molecule has 0 N–H and O–H groups in total. The van der Waals surface area contributed by atoms with Crippen molar-refractivity contribution in [3.8, 4) is 0 Å². The fourth-order valence-electron chi connectivity index (χ4n) is 1.39. The van der Waals surface area contributed by atoms with Gasteiger partial charge in [0.2, 0.25) is 0 Å². The van der Waals surface area contributed by atoms with Gasteiger partial charge in [-0.1, -0.05) is 40.0 Å². The Morgan fingerprint density at radius 2 is 1.73 bits per heavy atom. The van der Waals surface area contributed by atoms with Crippen molar-refractivity contribution < 1.29 is 9.53 Å². The fraction of sp³-hybridized carbons (Fsp3) is 0.917. The van der Waals surface area contributed by atoms with Crippen LogP contribution in [0, 0.1) is 0 Å². The molecule has 3 nitrogen and oxygen atoms in total. The zero-order valence-electron chi connectivity index (χ0n) is 10.4. The molecule has 0 amide bonds. The third kappa shape index (κ3) is 8.43. The van der Waals surface area contributed by atoms with Crippen LogP contribution in [0.15, 0.2) is 0 Å². The maximum absolute atomic E-state index is 11.3. The van der Waals surface area contributed by atoms with Gasteiger partial charge in [-0.25, -0.2) is 0 Å².